The summed E-state index contributed by atoms with van der Waals surface area (Å²) in [6, 6.07) is 0. The van der Waals surface area contributed by atoms with Gasteiger partial charge in [0.25, 0.3) is 0 Å². The SMILES string of the molecule is C=C(C)C(O)C1CCOCC1. The minimum atomic E-state index is -0.320. The zero-order chi connectivity index (χ0) is 8.27. The average Bonchev–Trinajstić information content (AvgIpc) is 2.05. The number of hydrogen-bond donors (Lipinski definition) is 1. The smallest absolute Gasteiger partial charge is 0.0774 e. The second-order valence-corrected chi connectivity index (χ2v) is 3.24. The topological polar surface area (TPSA) is 29.5 Å². The van der Waals surface area contributed by atoms with Crippen LogP contribution in [-0.4, -0.2) is 24.4 Å². The van der Waals surface area contributed by atoms with E-state index >= 15 is 0 Å². The van der Waals surface area contributed by atoms with Crippen LogP contribution in [0.15, 0.2) is 12.2 Å². The molecule has 1 atom stereocenters. The molecule has 0 aromatic rings. The molecule has 1 rings (SSSR count). The van der Waals surface area contributed by atoms with Gasteiger partial charge in [0.15, 0.2) is 0 Å². The van der Waals surface area contributed by atoms with Gasteiger partial charge in [0.2, 0.25) is 0 Å². The maximum absolute atomic E-state index is 9.60. The molecular weight excluding hydrogens is 140 g/mol. The summed E-state index contributed by atoms with van der Waals surface area (Å²) in [5, 5.41) is 9.60. The van der Waals surface area contributed by atoms with Gasteiger partial charge < -0.3 is 9.84 Å². The van der Waals surface area contributed by atoms with E-state index in [1.165, 1.54) is 0 Å². The average molecular weight is 156 g/mol. The van der Waals surface area contributed by atoms with E-state index in [2.05, 4.69) is 6.58 Å². The van der Waals surface area contributed by atoms with E-state index in [0.29, 0.717) is 5.92 Å². The Labute approximate surface area is 67.9 Å². The van der Waals surface area contributed by atoms with Gasteiger partial charge in [0.05, 0.1) is 6.10 Å². The highest BCUT2D eigenvalue weighted by atomic mass is 16.5. The predicted molar refractivity (Wildman–Crippen MR) is 44.4 cm³/mol. The van der Waals surface area contributed by atoms with Gasteiger partial charge in [0, 0.05) is 13.2 Å². The van der Waals surface area contributed by atoms with Crippen molar-refractivity contribution in [2.45, 2.75) is 25.9 Å². The molecule has 2 heteroatoms. The number of ether oxygens (including phenoxy) is 1. The highest BCUT2D eigenvalue weighted by molar-refractivity contribution is 4.99. The molecule has 1 unspecified atom stereocenters. The van der Waals surface area contributed by atoms with Crippen molar-refractivity contribution in [3.63, 3.8) is 0 Å². The lowest BCUT2D eigenvalue weighted by Gasteiger charge is -2.26. The highest BCUT2D eigenvalue weighted by Gasteiger charge is 2.21. The number of rotatable bonds is 2. The quantitative estimate of drug-likeness (QED) is 0.611. The van der Waals surface area contributed by atoms with Crippen LogP contribution < -0.4 is 0 Å². The molecule has 1 aliphatic rings. The van der Waals surface area contributed by atoms with E-state index in [1.54, 1.807) is 0 Å². The Hall–Kier alpha value is -0.340. The fourth-order valence-electron chi connectivity index (χ4n) is 1.43. The zero-order valence-corrected chi connectivity index (χ0v) is 7.05. The van der Waals surface area contributed by atoms with Gasteiger partial charge >= 0.3 is 0 Å². The first-order chi connectivity index (χ1) is 5.22. The first-order valence-corrected chi connectivity index (χ1v) is 4.13. The standard InChI is InChI=1S/C9H16O2/c1-7(2)9(10)8-3-5-11-6-4-8/h8-10H,1,3-6H2,2H3. The highest BCUT2D eigenvalue weighted by Crippen LogP contribution is 2.22. The van der Waals surface area contributed by atoms with E-state index in [9.17, 15) is 5.11 Å². The number of aliphatic hydroxyl groups excluding tert-OH is 1. The van der Waals surface area contributed by atoms with Gasteiger partial charge in [-0.15, -0.1) is 0 Å². The Balaban J connectivity index is 2.38. The molecule has 0 saturated carbocycles. The third-order valence-corrected chi connectivity index (χ3v) is 2.22. The van der Waals surface area contributed by atoms with Crippen LogP contribution in [0.1, 0.15) is 19.8 Å². The van der Waals surface area contributed by atoms with Gasteiger partial charge in [0.1, 0.15) is 0 Å². The largest absolute Gasteiger partial charge is 0.388 e. The molecule has 1 saturated heterocycles. The van der Waals surface area contributed by atoms with E-state index < -0.39 is 0 Å². The second-order valence-electron chi connectivity index (χ2n) is 3.24. The van der Waals surface area contributed by atoms with Crippen LogP contribution in [0.3, 0.4) is 0 Å². The summed E-state index contributed by atoms with van der Waals surface area (Å²) in [7, 11) is 0. The van der Waals surface area contributed by atoms with Crippen molar-refractivity contribution in [2.24, 2.45) is 5.92 Å². The molecule has 1 heterocycles. The van der Waals surface area contributed by atoms with Gasteiger partial charge in [-0.1, -0.05) is 12.2 Å². The summed E-state index contributed by atoms with van der Waals surface area (Å²) < 4.78 is 5.19. The Kier molecular flexibility index (Phi) is 3.09. The van der Waals surface area contributed by atoms with Gasteiger partial charge in [-0.2, -0.15) is 0 Å². The van der Waals surface area contributed by atoms with Crippen molar-refractivity contribution in [1.82, 2.24) is 0 Å². The van der Waals surface area contributed by atoms with E-state index in [4.69, 9.17) is 4.74 Å². The monoisotopic (exact) mass is 156 g/mol. The van der Waals surface area contributed by atoms with Crippen LogP contribution >= 0.6 is 0 Å². The molecule has 1 N–H and O–H groups in total. The summed E-state index contributed by atoms with van der Waals surface area (Å²) in [5.74, 6) is 0.376. The molecule has 0 aliphatic carbocycles. The number of aliphatic hydroxyl groups is 1. The molecule has 0 radical (unpaired) electrons. The van der Waals surface area contributed by atoms with Crippen molar-refractivity contribution >= 4 is 0 Å². The summed E-state index contributed by atoms with van der Waals surface area (Å²) in [6.45, 7) is 7.19. The molecule has 0 bridgehead atoms. The summed E-state index contributed by atoms with van der Waals surface area (Å²) in [6.07, 6.45) is 1.61. The van der Waals surface area contributed by atoms with Crippen molar-refractivity contribution in [1.29, 1.82) is 0 Å². The Bertz CT molecular complexity index is 136. The molecule has 2 nitrogen and oxygen atoms in total. The minimum Gasteiger partial charge on any atom is -0.388 e. The van der Waals surface area contributed by atoms with Gasteiger partial charge in [-0.05, 0) is 25.7 Å². The summed E-state index contributed by atoms with van der Waals surface area (Å²) >= 11 is 0. The maximum atomic E-state index is 9.60. The Morgan fingerprint density at radius 3 is 2.55 bits per heavy atom. The van der Waals surface area contributed by atoms with E-state index in [1.807, 2.05) is 6.92 Å². The fourth-order valence-corrected chi connectivity index (χ4v) is 1.43. The zero-order valence-electron chi connectivity index (χ0n) is 7.05. The molecule has 64 valence electrons. The minimum absolute atomic E-state index is 0.320. The third-order valence-electron chi connectivity index (χ3n) is 2.22. The molecule has 11 heavy (non-hydrogen) atoms. The normalized spacial score (nSPS) is 23.1. The second kappa shape index (κ2) is 3.88. The lowest BCUT2D eigenvalue weighted by atomic mass is 9.90. The van der Waals surface area contributed by atoms with E-state index in [0.717, 1.165) is 31.6 Å². The first kappa shape index (κ1) is 8.75. The summed E-state index contributed by atoms with van der Waals surface area (Å²) in [5.41, 5.74) is 0.872. The molecule has 1 fully saturated rings. The van der Waals surface area contributed by atoms with Crippen LogP contribution in [0.2, 0.25) is 0 Å². The predicted octanol–water partition coefficient (Wildman–Crippen LogP) is 1.35. The fraction of sp³-hybridized carbons (Fsp3) is 0.778. The van der Waals surface area contributed by atoms with Crippen LogP contribution in [0.5, 0.6) is 0 Å². The molecule has 1 aliphatic heterocycles. The molecular formula is C9H16O2. The first-order valence-electron chi connectivity index (χ1n) is 4.13. The van der Waals surface area contributed by atoms with Crippen molar-refractivity contribution in [2.75, 3.05) is 13.2 Å². The lowest BCUT2D eigenvalue weighted by molar-refractivity contribution is 0.0213. The van der Waals surface area contributed by atoms with Crippen LogP contribution in [0, 0.1) is 5.92 Å². The molecule has 0 amide bonds. The van der Waals surface area contributed by atoms with Crippen LogP contribution in [0.25, 0.3) is 0 Å². The van der Waals surface area contributed by atoms with Crippen LogP contribution in [0.4, 0.5) is 0 Å². The van der Waals surface area contributed by atoms with Crippen LogP contribution in [-0.2, 0) is 4.74 Å². The Morgan fingerprint density at radius 1 is 1.55 bits per heavy atom. The van der Waals surface area contributed by atoms with E-state index in [-0.39, 0.29) is 6.10 Å². The Morgan fingerprint density at radius 2 is 2.09 bits per heavy atom. The maximum Gasteiger partial charge on any atom is 0.0774 e. The van der Waals surface area contributed by atoms with Crippen molar-refractivity contribution in [3.8, 4) is 0 Å². The number of hydrogen-bond acceptors (Lipinski definition) is 2. The van der Waals surface area contributed by atoms with Gasteiger partial charge in [-0.3, -0.25) is 0 Å². The van der Waals surface area contributed by atoms with Crippen molar-refractivity contribution < 1.29 is 9.84 Å². The van der Waals surface area contributed by atoms with Crippen molar-refractivity contribution in [3.05, 3.63) is 12.2 Å². The molecule has 0 spiro atoms. The summed E-state index contributed by atoms with van der Waals surface area (Å²) in [4.78, 5) is 0. The molecule has 0 aromatic heterocycles. The molecule has 0 aromatic carbocycles. The lowest BCUT2D eigenvalue weighted by Crippen LogP contribution is -2.27. The van der Waals surface area contributed by atoms with Gasteiger partial charge in [-0.25, -0.2) is 0 Å². The third kappa shape index (κ3) is 2.31.